The van der Waals surface area contributed by atoms with Gasteiger partial charge in [-0.1, -0.05) is 19.4 Å². The van der Waals surface area contributed by atoms with Crippen molar-refractivity contribution in [3.63, 3.8) is 0 Å². The molecule has 1 N–H and O–H groups in total. The zero-order valence-corrected chi connectivity index (χ0v) is 11.6. The molecule has 0 amide bonds. The third-order valence-electron chi connectivity index (χ3n) is 2.77. The first-order chi connectivity index (χ1) is 9.15. The van der Waals surface area contributed by atoms with E-state index in [1.165, 1.54) is 18.9 Å². The number of aryl methyl sites for hydroxylation is 1. The van der Waals surface area contributed by atoms with Gasteiger partial charge in [0.1, 0.15) is 0 Å². The zero-order valence-electron chi connectivity index (χ0n) is 11.6. The fraction of sp³-hybridized carbons (Fsp3) is 0.571. The number of nitrogens with one attached hydrogen (secondary N) is 1. The van der Waals surface area contributed by atoms with Gasteiger partial charge < -0.3 is 10.1 Å². The molecule has 0 aliphatic heterocycles. The van der Waals surface area contributed by atoms with E-state index in [4.69, 9.17) is 4.74 Å². The molecule has 5 heteroatoms. The lowest BCUT2D eigenvalue weighted by Gasteiger charge is -2.08. The standard InChI is InChI=1S/C14H22N2O3/c1-3-4-8-15-9-5-10-19-14-7-6-12(2)11-13(14)16(17)18/h6-7,11,15H,3-5,8-10H2,1-2H3. The molecule has 0 unspecified atom stereocenters. The Balaban J connectivity index is 2.35. The van der Waals surface area contributed by atoms with Crippen LogP contribution in [0.4, 0.5) is 5.69 Å². The van der Waals surface area contributed by atoms with Crippen LogP contribution in [-0.2, 0) is 0 Å². The van der Waals surface area contributed by atoms with Crippen molar-refractivity contribution in [2.75, 3.05) is 19.7 Å². The van der Waals surface area contributed by atoms with Gasteiger partial charge in [-0.25, -0.2) is 0 Å². The van der Waals surface area contributed by atoms with Crippen LogP contribution in [0.25, 0.3) is 0 Å². The van der Waals surface area contributed by atoms with Crippen molar-refractivity contribution in [2.45, 2.75) is 33.1 Å². The average Bonchev–Trinajstić information content (AvgIpc) is 2.39. The monoisotopic (exact) mass is 266 g/mol. The van der Waals surface area contributed by atoms with E-state index in [1.54, 1.807) is 6.07 Å². The fourth-order valence-electron chi connectivity index (χ4n) is 1.70. The summed E-state index contributed by atoms with van der Waals surface area (Å²) in [6.45, 7) is 6.36. The lowest BCUT2D eigenvalue weighted by atomic mass is 10.2. The number of nitro groups is 1. The van der Waals surface area contributed by atoms with Gasteiger partial charge in [0.05, 0.1) is 11.5 Å². The van der Waals surface area contributed by atoms with Gasteiger partial charge in [-0.3, -0.25) is 10.1 Å². The van der Waals surface area contributed by atoms with Crippen LogP contribution >= 0.6 is 0 Å². The Morgan fingerprint density at radius 1 is 1.32 bits per heavy atom. The van der Waals surface area contributed by atoms with Crippen LogP contribution in [0.1, 0.15) is 31.7 Å². The van der Waals surface area contributed by atoms with Crippen molar-refractivity contribution in [2.24, 2.45) is 0 Å². The number of benzene rings is 1. The summed E-state index contributed by atoms with van der Waals surface area (Å²) in [6, 6.07) is 5.02. The second-order valence-electron chi connectivity index (χ2n) is 4.53. The van der Waals surface area contributed by atoms with Crippen molar-refractivity contribution < 1.29 is 9.66 Å². The summed E-state index contributed by atoms with van der Waals surface area (Å²) in [6.07, 6.45) is 3.19. The van der Waals surface area contributed by atoms with Gasteiger partial charge >= 0.3 is 5.69 Å². The first-order valence-corrected chi connectivity index (χ1v) is 6.73. The summed E-state index contributed by atoms with van der Waals surface area (Å²) in [4.78, 5) is 10.5. The van der Waals surface area contributed by atoms with Crippen LogP contribution in [0.3, 0.4) is 0 Å². The lowest BCUT2D eigenvalue weighted by molar-refractivity contribution is -0.385. The summed E-state index contributed by atoms with van der Waals surface area (Å²) in [5.41, 5.74) is 0.902. The van der Waals surface area contributed by atoms with Gasteiger partial charge in [0, 0.05) is 6.07 Å². The van der Waals surface area contributed by atoms with E-state index < -0.39 is 4.92 Å². The highest BCUT2D eigenvalue weighted by Crippen LogP contribution is 2.27. The summed E-state index contributed by atoms with van der Waals surface area (Å²) >= 11 is 0. The van der Waals surface area contributed by atoms with Crippen molar-refractivity contribution in [3.8, 4) is 5.75 Å². The Bertz CT molecular complexity index is 408. The summed E-state index contributed by atoms with van der Waals surface area (Å²) in [7, 11) is 0. The first-order valence-electron chi connectivity index (χ1n) is 6.73. The topological polar surface area (TPSA) is 64.4 Å². The largest absolute Gasteiger partial charge is 0.487 e. The molecule has 0 aliphatic rings. The number of nitro benzene ring substituents is 1. The van der Waals surface area contributed by atoms with Gasteiger partial charge in [0.15, 0.2) is 5.75 Å². The van der Waals surface area contributed by atoms with E-state index in [2.05, 4.69) is 12.2 Å². The van der Waals surface area contributed by atoms with Crippen LogP contribution in [0.5, 0.6) is 5.75 Å². The molecule has 19 heavy (non-hydrogen) atoms. The molecule has 5 nitrogen and oxygen atoms in total. The molecule has 0 radical (unpaired) electrons. The van der Waals surface area contributed by atoms with E-state index in [0.29, 0.717) is 12.4 Å². The van der Waals surface area contributed by atoms with E-state index in [0.717, 1.165) is 25.1 Å². The van der Waals surface area contributed by atoms with Gasteiger partial charge in [-0.15, -0.1) is 0 Å². The van der Waals surface area contributed by atoms with Crippen molar-refractivity contribution in [1.82, 2.24) is 5.32 Å². The summed E-state index contributed by atoms with van der Waals surface area (Å²) in [5, 5.41) is 14.2. The van der Waals surface area contributed by atoms with Gasteiger partial charge in [-0.2, -0.15) is 0 Å². The molecule has 106 valence electrons. The first kappa shape index (κ1) is 15.4. The van der Waals surface area contributed by atoms with Crippen LogP contribution in [0.15, 0.2) is 18.2 Å². The summed E-state index contributed by atoms with van der Waals surface area (Å²) in [5.74, 6) is 0.351. The minimum absolute atomic E-state index is 0.0407. The van der Waals surface area contributed by atoms with Crippen molar-refractivity contribution in [3.05, 3.63) is 33.9 Å². The molecule has 0 spiro atoms. The molecule has 0 heterocycles. The maximum absolute atomic E-state index is 10.9. The van der Waals surface area contributed by atoms with Crippen LogP contribution in [0, 0.1) is 17.0 Å². The zero-order chi connectivity index (χ0) is 14.1. The van der Waals surface area contributed by atoms with E-state index >= 15 is 0 Å². The normalized spacial score (nSPS) is 10.4. The molecule has 0 bridgehead atoms. The third-order valence-corrected chi connectivity index (χ3v) is 2.77. The number of unbranched alkanes of at least 4 members (excludes halogenated alkanes) is 1. The highest BCUT2D eigenvalue weighted by atomic mass is 16.6. The highest BCUT2D eigenvalue weighted by molar-refractivity contribution is 5.48. The second-order valence-corrected chi connectivity index (χ2v) is 4.53. The van der Waals surface area contributed by atoms with Crippen molar-refractivity contribution >= 4 is 5.69 Å². The minimum Gasteiger partial charge on any atom is -0.487 e. The SMILES string of the molecule is CCCCNCCCOc1ccc(C)cc1[N+](=O)[O-]. The maximum Gasteiger partial charge on any atom is 0.311 e. The average molecular weight is 266 g/mol. The predicted molar refractivity (Wildman–Crippen MR) is 75.7 cm³/mol. The summed E-state index contributed by atoms with van der Waals surface area (Å²) < 4.78 is 5.48. The third kappa shape index (κ3) is 5.70. The highest BCUT2D eigenvalue weighted by Gasteiger charge is 2.14. The number of hydrogen-bond acceptors (Lipinski definition) is 4. The molecule has 0 saturated heterocycles. The molecule has 0 atom stereocenters. The predicted octanol–water partition coefficient (Wildman–Crippen LogP) is 3.06. The molecule has 0 fully saturated rings. The number of rotatable bonds is 9. The van der Waals surface area contributed by atoms with E-state index in [-0.39, 0.29) is 5.69 Å². The smallest absolute Gasteiger partial charge is 0.311 e. The Morgan fingerprint density at radius 3 is 2.74 bits per heavy atom. The molecule has 1 aromatic rings. The molecule has 1 aromatic carbocycles. The lowest BCUT2D eigenvalue weighted by Crippen LogP contribution is -2.18. The molecular formula is C14H22N2O3. The maximum atomic E-state index is 10.9. The quantitative estimate of drug-likeness (QED) is 0.424. The minimum atomic E-state index is -0.401. The molecule has 1 rings (SSSR count). The number of nitrogens with zero attached hydrogens (tertiary/aromatic N) is 1. The number of hydrogen-bond donors (Lipinski definition) is 1. The van der Waals surface area contributed by atoms with Crippen LogP contribution < -0.4 is 10.1 Å². The molecule has 0 aliphatic carbocycles. The molecular weight excluding hydrogens is 244 g/mol. The fourth-order valence-corrected chi connectivity index (χ4v) is 1.70. The number of ether oxygens (including phenoxy) is 1. The van der Waals surface area contributed by atoms with Crippen molar-refractivity contribution in [1.29, 1.82) is 0 Å². The Kier molecular flexibility index (Phi) is 6.89. The Hall–Kier alpha value is -1.62. The Morgan fingerprint density at radius 2 is 2.05 bits per heavy atom. The van der Waals surface area contributed by atoms with Gasteiger partial charge in [-0.05, 0) is 44.5 Å². The second kappa shape index (κ2) is 8.48. The van der Waals surface area contributed by atoms with E-state index in [1.807, 2.05) is 13.0 Å². The van der Waals surface area contributed by atoms with Crippen LogP contribution in [-0.4, -0.2) is 24.6 Å². The van der Waals surface area contributed by atoms with E-state index in [9.17, 15) is 10.1 Å². The van der Waals surface area contributed by atoms with Gasteiger partial charge in [0.25, 0.3) is 0 Å². The molecule has 0 aromatic heterocycles. The van der Waals surface area contributed by atoms with Gasteiger partial charge in [0.2, 0.25) is 0 Å². The van der Waals surface area contributed by atoms with Crippen LogP contribution in [0.2, 0.25) is 0 Å². The molecule has 0 saturated carbocycles. The Labute approximate surface area is 114 Å².